The van der Waals surface area contributed by atoms with Crippen LogP contribution in [0.4, 0.5) is 0 Å². The molecule has 108 valence electrons. The summed E-state index contributed by atoms with van der Waals surface area (Å²) in [6.45, 7) is 7.96. The molecule has 0 unspecified atom stereocenters. The number of fused-ring (bicyclic) bond motifs is 1. The maximum absolute atomic E-state index is 5.55. The summed E-state index contributed by atoms with van der Waals surface area (Å²) in [5, 5.41) is 0. The fraction of sp³-hybridized carbons (Fsp3) is 0.562. The second-order valence-corrected chi connectivity index (χ2v) is 6.99. The Balaban J connectivity index is 1.99. The van der Waals surface area contributed by atoms with Gasteiger partial charge in [-0.3, -0.25) is 0 Å². The van der Waals surface area contributed by atoms with Gasteiger partial charge in [0.1, 0.15) is 0 Å². The Bertz CT molecular complexity index is 675. The minimum atomic E-state index is 0.349. The van der Waals surface area contributed by atoms with E-state index in [1.165, 1.54) is 37.0 Å². The molecule has 1 aliphatic rings. The van der Waals surface area contributed by atoms with E-state index in [0.717, 1.165) is 16.8 Å². The Labute approximate surface area is 125 Å². The third-order valence-corrected chi connectivity index (χ3v) is 5.05. The fourth-order valence-electron chi connectivity index (χ4n) is 3.25. The lowest BCUT2D eigenvalue weighted by atomic mass is 9.80. The van der Waals surface area contributed by atoms with Crippen molar-refractivity contribution < 1.29 is 0 Å². The predicted octanol–water partition coefficient (Wildman–Crippen LogP) is 3.74. The summed E-state index contributed by atoms with van der Waals surface area (Å²) in [7, 11) is 2.21. The molecule has 1 aliphatic heterocycles. The Morgan fingerprint density at radius 2 is 2.00 bits per heavy atom. The molecule has 0 aliphatic carbocycles. The first-order valence-corrected chi connectivity index (χ1v) is 7.76. The van der Waals surface area contributed by atoms with Crippen LogP contribution in [0.15, 0.2) is 18.2 Å². The Kier molecular flexibility index (Phi) is 3.46. The Morgan fingerprint density at radius 3 is 2.70 bits per heavy atom. The van der Waals surface area contributed by atoms with E-state index in [9.17, 15) is 0 Å². The predicted molar refractivity (Wildman–Crippen MR) is 86.7 cm³/mol. The molecule has 2 aromatic rings. The number of rotatable bonds is 2. The normalized spacial score (nSPS) is 19.6. The molecule has 1 fully saturated rings. The van der Waals surface area contributed by atoms with Gasteiger partial charge in [0.2, 0.25) is 0 Å². The maximum atomic E-state index is 5.55. The number of nitrogens with zero attached hydrogens (tertiary/aromatic N) is 2. The van der Waals surface area contributed by atoms with Gasteiger partial charge in [-0.2, -0.15) is 0 Å². The lowest BCUT2D eigenvalue weighted by Crippen LogP contribution is -2.38. The average Bonchev–Trinajstić information content (AvgIpc) is 2.71. The molecule has 0 bridgehead atoms. The van der Waals surface area contributed by atoms with Gasteiger partial charge >= 0.3 is 0 Å². The highest BCUT2D eigenvalue weighted by molar-refractivity contribution is 7.71. The molecule has 4 heteroatoms. The number of para-hydroxylation sites is 1. The molecule has 1 saturated heterocycles. The molecule has 0 atom stereocenters. The van der Waals surface area contributed by atoms with Crippen LogP contribution in [0.1, 0.15) is 25.3 Å². The number of hydrogen-bond donors (Lipinski definition) is 1. The monoisotopic (exact) mass is 289 g/mol. The molecule has 3 nitrogen and oxygen atoms in total. The van der Waals surface area contributed by atoms with Gasteiger partial charge in [-0.15, -0.1) is 0 Å². The van der Waals surface area contributed by atoms with Crippen LogP contribution in [0.5, 0.6) is 0 Å². The van der Waals surface area contributed by atoms with E-state index in [-0.39, 0.29) is 0 Å². The van der Waals surface area contributed by atoms with E-state index in [1.807, 2.05) is 0 Å². The molecule has 1 aromatic carbocycles. The second-order valence-electron chi connectivity index (χ2n) is 6.60. The first-order chi connectivity index (χ1) is 9.48. The molecule has 2 heterocycles. The molecule has 1 N–H and O–H groups in total. The number of aromatic nitrogens is 2. The van der Waals surface area contributed by atoms with E-state index >= 15 is 0 Å². The van der Waals surface area contributed by atoms with Crippen LogP contribution in [0, 0.1) is 17.1 Å². The largest absolute Gasteiger partial charge is 0.331 e. The number of imidazole rings is 1. The fourth-order valence-corrected chi connectivity index (χ4v) is 3.52. The summed E-state index contributed by atoms with van der Waals surface area (Å²) in [4.78, 5) is 5.77. The number of likely N-dealkylation sites (tertiary alicyclic amines) is 1. The van der Waals surface area contributed by atoms with Crippen LogP contribution in [-0.2, 0) is 6.54 Å². The summed E-state index contributed by atoms with van der Waals surface area (Å²) in [6, 6.07) is 6.37. The summed E-state index contributed by atoms with van der Waals surface area (Å²) in [5.41, 5.74) is 4.08. The van der Waals surface area contributed by atoms with Gasteiger partial charge in [0.15, 0.2) is 4.77 Å². The van der Waals surface area contributed by atoms with Crippen LogP contribution in [0.3, 0.4) is 0 Å². The van der Waals surface area contributed by atoms with E-state index in [0.29, 0.717) is 5.41 Å². The van der Waals surface area contributed by atoms with Gasteiger partial charge in [-0.25, -0.2) is 0 Å². The lowest BCUT2D eigenvalue weighted by molar-refractivity contribution is 0.121. The minimum absolute atomic E-state index is 0.349. The van der Waals surface area contributed by atoms with Crippen molar-refractivity contribution in [1.82, 2.24) is 14.5 Å². The van der Waals surface area contributed by atoms with Crippen molar-refractivity contribution in [2.24, 2.45) is 5.41 Å². The average molecular weight is 289 g/mol. The molecular formula is C16H23N3S. The maximum Gasteiger partial charge on any atom is 0.178 e. The van der Waals surface area contributed by atoms with Crippen LogP contribution in [-0.4, -0.2) is 34.6 Å². The van der Waals surface area contributed by atoms with Gasteiger partial charge in [0.25, 0.3) is 0 Å². The van der Waals surface area contributed by atoms with Crippen molar-refractivity contribution in [3.63, 3.8) is 0 Å². The molecule has 20 heavy (non-hydrogen) atoms. The third kappa shape index (κ3) is 2.42. The quantitative estimate of drug-likeness (QED) is 0.852. The molecule has 3 rings (SSSR count). The zero-order valence-electron chi connectivity index (χ0n) is 12.6. The smallest absolute Gasteiger partial charge is 0.178 e. The van der Waals surface area contributed by atoms with Gasteiger partial charge in [0, 0.05) is 6.54 Å². The van der Waals surface area contributed by atoms with Crippen molar-refractivity contribution >= 4 is 23.3 Å². The first-order valence-electron chi connectivity index (χ1n) is 7.35. The zero-order valence-corrected chi connectivity index (χ0v) is 13.4. The second kappa shape index (κ2) is 5.01. The first kappa shape index (κ1) is 13.8. The zero-order chi connectivity index (χ0) is 14.3. The number of aryl methyl sites for hydroxylation is 1. The van der Waals surface area contributed by atoms with E-state index in [2.05, 4.69) is 53.5 Å². The van der Waals surface area contributed by atoms with E-state index < -0.39 is 0 Å². The van der Waals surface area contributed by atoms with Gasteiger partial charge in [-0.1, -0.05) is 19.1 Å². The minimum Gasteiger partial charge on any atom is -0.331 e. The molecular weight excluding hydrogens is 266 g/mol. The van der Waals surface area contributed by atoms with Crippen molar-refractivity contribution in [3.05, 3.63) is 28.5 Å². The van der Waals surface area contributed by atoms with Gasteiger partial charge in [-0.05, 0) is 69.2 Å². The summed E-state index contributed by atoms with van der Waals surface area (Å²) in [5.74, 6) is 0. The highest BCUT2D eigenvalue weighted by atomic mass is 32.1. The highest BCUT2D eigenvalue weighted by Crippen LogP contribution is 2.33. The van der Waals surface area contributed by atoms with Crippen LogP contribution >= 0.6 is 12.2 Å². The highest BCUT2D eigenvalue weighted by Gasteiger charge is 2.30. The Hall–Kier alpha value is -1.13. The number of hydrogen-bond acceptors (Lipinski definition) is 2. The topological polar surface area (TPSA) is 24.0 Å². The standard InChI is InChI=1S/C16H23N3S/c1-12-5-4-6-13-14(12)19(15(20)17-13)11-16(2)7-9-18(3)10-8-16/h4-6H,7-11H2,1-3H3,(H,17,20). The van der Waals surface area contributed by atoms with Crippen molar-refractivity contribution in [2.75, 3.05) is 20.1 Å². The van der Waals surface area contributed by atoms with Crippen molar-refractivity contribution in [2.45, 2.75) is 33.2 Å². The van der Waals surface area contributed by atoms with Crippen LogP contribution < -0.4 is 0 Å². The van der Waals surface area contributed by atoms with E-state index in [1.54, 1.807) is 0 Å². The SMILES string of the molecule is Cc1cccc2[nH]c(=S)n(CC3(C)CCN(C)CC3)c12. The van der Waals surface area contributed by atoms with Crippen molar-refractivity contribution in [3.8, 4) is 0 Å². The number of H-pyrrole nitrogens is 1. The van der Waals surface area contributed by atoms with E-state index in [4.69, 9.17) is 12.2 Å². The molecule has 1 aromatic heterocycles. The summed E-state index contributed by atoms with van der Waals surface area (Å²) < 4.78 is 3.17. The number of benzene rings is 1. The molecule has 0 amide bonds. The van der Waals surface area contributed by atoms with Crippen LogP contribution in [0.25, 0.3) is 11.0 Å². The van der Waals surface area contributed by atoms with Crippen molar-refractivity contribution in [1.29, 1.82) is 0 Å². The third-order valence-electron chi connectivity index (χ3n) is 4.73. The van der Waals surface area contributed by atoms with Gasteiger partial charge in [0.05, 0.1) is 11.0 Å². The van der Waals surface area contributed by atoms with Crippen LogP contribution in [0.2, 0.25) is 0 Å². The molecule has 0 radical (unpaired) electrons. The lowest BCUT2D eigenvalue weighted by Gasteiger charge is -2.38. The number of nitrogens with one attached hydrogen (secondary N) is 1. The Morgan fingerprint density at radius 1 is 1.30 bits per heavy atom. The van der Waals surface area contributed by atoms with Gasteiger partial charge < -0.3 is 14.5 Å². The number of aromatic amines is 1. The molecule has 0 spiro atoms. The summed E-state index contributed by atoms with van der Waals surface area (Å²) in [6.07, 6.45) is 2.48. The molecule has 0 saturated carbocycles. The summed E-state index contributed by atoms with van der Waals surface area (Å²) >= 11 is 5.55. The number of piperidine rings is 1.